The first-order valence-electron chi connectivity index (χ1n) is 6.04. The molecule has 1 aromatic rings. The fourth-order valence-electron chi connectivity index (χ4n) is 2.15. The maximum atomic E-state index is 12.0. The Morgan fingerprint density at radius 1 is 1.50 bits per heavy atom. The van der Waals surface area contributed by atoms with Crippen molar-refractivity contribution in [1.29, 1.82) is 0 Å². The third kappa shape index (κ3) is 3.79. The lowest BCUT2D eigenvalue weighted by atomic mass is 10.3. The SMILES string of the molecule is CC(CN1CCCC1)NC(=O)c1cc(Br)c(Br)s1. The molecule has 2 rings (SSSR count). The first-order valence-corrected chi connectivity index (χ1v) is 8.44. The Bertz CT molecular complexity index is 410. The lowest BCUT2D eigenvalue weighted by molar-refractivity contribution is 0.0936. The maximum Gasteiger partial charge on any atom is 0.261 e. The molecule has 0 aromatic carbocycles. The van der Waals surface area contributed by atoms with E-state index in [2.05, 4.69) is 49.0 Å². The van der Waals surface area contributed by atoms with Crippen LogP contribution in [0, 0.1) is 0 Å². The van der Waals surface area contributed by atoms with Crippen molar-refractivity contribution in [3.8, 4) is 0 Å². The first kappa shape index (κ1) is 14.5. The van der Waals surface area contributed by atoms with Gasteiger partial charge in [-0.3, -0.25) is 4.79 Å². The number of hydrogen-bond donors (Lipinski definition) is 1. The highest BCUT2D eigenvalue weighted by Crippen LogP contribution is 2.32. The second kappa shape index (κ2) is 6.50. The molecule has 18 heavy (non-hydrogen) atoms. The van der Waals surface area contributed by atoms with Crippen LogP contribution in [0.1, 0.15) is 29.4 Å². The zero-order valence-corrected chi connectivity index (χ0v) is 14.2. The molecule has 0 radical (unpaired) electrons. The van der Waals surface area contributed by atoms with Crippen LogP contribution in [0.5, 0.6) is 0 Å². The molecular formula is C12H16Br2N2OS. The Balaban J connectivity index is 1.86. The molecule has 2 heterocycles. The molecule has 0 bridgehead atoms. The summed E-state index contributed by atoms with van der Waals surface area (Å²) in [5.74, 6) is 0.0121. The normalized spacial score (nSPS) is 17.9. The smallest absolute Gasteiger partial charge is 0.261 e. The van der Waals surface area contributed by atoms with Gasteiger partial charge in [-0.2, -0.15) is 0 Å². The number of nitrogens with zero attached hydrogens (tertiary/aromatic N) is 1. The van der Waals surface area contributed by atoms with Crippen LogP contribution in [0.2, 0.25) is 0 Å². The quantitative estimate of drug-likeness (QED) is 0.846. The molecule has 0 spiro atoms. The van der Waals surface area contributed by atoms with Crippen LogP contribution in [0.3, 0.4) is 0 Å². The van der Waals surface area contributed by atoms with E-state index in [9.17, 15) is 4.79 Å². The second-order valence-electron chi connectivity index (χ2n) is 4.61. The van der Waals surface area contributed by atoms with Gasteiger partial charge in [0.1, 0.15) is 0 Å². The van der Waals surface area contributed by atoms with E-state index in [0.717, 1.165) is 32.8 Å². The number of halogens is 2. The number of carbonyl (C=O) groups is 1. The molecule has 1 unspecified atom stereocenters. The van der Waals surface area contributed by atoms with Gasteiger partial charge in [-0.25, -0.2) is 0 Å². The van der Waals surface area contributed by atoms with Crippen LogP contribution in [-0.4, -0.2) is 36.5 Å². The summed E-state index contributed by atoms with van der Waals surface area (Å²) in [6, 6.07) is 2.04. The van der Waals surface area contributed by atoms with E-state index >= 15 is 0 Å². The number of thiophene rings is 1. The molecule has 1 fully saturated rings. The van der Waals surface area contributed by atoms with E-state index in [1.165, 1.54) is 24.2 Å². The summed E-state index contributed by atoms with van der Waals surface area (Å²) in [7, 11) is 0. The Labute approximate surface area is 128 Å². The second-order valence-corrected chi connectivity index (χ2v) is 7.84. The number of nitrogens with one attached hydrogen (secondary N) is 1. The van der Waals surface area contributed by atoms with Gasteiger partial charge in [-0.1, -0.05) is 0 Å². The van der Waals surface area contributed by atoms with Gasteiger partial charge in [0.25, 0.3) is 5.91 Å². The number of amides is 1. The van der Waals surface area contributed by atoms with Crippen molar-refractivity contribution in [1.82, 2.24) is 10.2 Å². The number of rotatable bonds is 4. The molecule has 1 aliphatic heterocycles. The Morgan fingerprint density at radius 2 is 2.17 bits per heavy atom. The first-order chi connectivity index (χ1) is 8.56. The minimum atomic E-state index is 0.0121. The molecule has 1 N–H and O–H groups in total. The number of likely N-dealkylation sites (tertiary alicyclic amines) is 1. The molecule has 1 atom stereocenters. The molecule has 6 heteroatoms. The highest BCUT2D eigenvalue weighted by atomic mass is 79.9. The summed E-state index contributed by atoms with van der Waals surface area (Å²) < 4.78 is 1.89. The zero-order valence-electron chi connectivity index (χ0n) is 10.2. The zero-order chi connectivity index (χ0) is 13.1. The summed E-state index contributed by atoms with van der Waals surface area (Å²) in [5.41, 5.74) is 0. The van der Waals surface area contributed by atoms with Crippen molar-refractivity contribution in [3.05, 3.63) is 19.2 Å². The number of hydrogen-bond acceptors (Lipinski definition) is 3. The van der Waals surface area contributed by atoms with Gasteiger partial charge in [0.15, 0.2) is 0 Å². The standard InChI is InChI=1S/C12H16Br2N2OS/c1-8(7-16-4-2-3-5-16)15-12(17)10-6-9(13)11(14)18-10/h6,8H,2-5,7H2,1H3,(H,15,17). The fourth-order valence-corrected chi connectivity index (χ4v) is 4.09. The van der Waals surface area contributed by atoms with Crippen molar-refractivity contribution < 1.29 is 4.79 Å². The lowest BCUT2D eigenvalue weighted by Gasteiger charge is -2.20. The Hall–Kier alpha value is 0.0900. The lowest BCUT2D eigenvalue weighted by Crippen LogP contribution is -2.40. The average molecular weight is 396 g/mol. The van der Waals surface area contributed by atoms with Gasteiger partial charge in [0, 0.05) is 17.1 Å². The predicted molar refractivity (Wildman–Crippen MR) is 82.3 cm³/mol. The third-order valence-corrected chi connectivity index (χ3v) is 6.23. The van der Waals surface area contributed by atoms with Crippen molar-refractivity contribution >= 4 is 49.1 Å². The van der Waals surface area contributed by atoms with E-state index in [4.69, 9.17) is 0 Å². The molecule has 0 aliphatic carbocycles. The summed E-state index contributed by atoms with van der Waals surface area (Å²) in [4.78, 5) is 15.2. The predicted octanol–water partition coefficient (Wildman–Crippen LogP) is 3.49. The molecular weight excluding hydrogens is 380 g/mol. The van der Waals surface area contributed by atoms with E-state index in [0.29, 0.717) is 0 Å². The van der Waals surface area contributed by atoms with Crippen molar-refractivity contribution in [2.24, 2.45) is 0 Å². The van der Waals surface area contributed by atoms with E-state index in [1.54, 1.807) is 0 Å². The molecule has 3 nitrogen and oxygen atoms in total. The van der Waals surface area contributed by atoms with Gasteiger partial charge in [-0.15, -0.1) is 11.3 Å². The van der Waals surface area contributed by atoms with E-state index in [-0.39, 0.29) is 11.9 Å². The van der Waals surface area contributed by atoms with Crippen LogP contribution in [0.15, 0.2) is 14.3 Å². The van der Waals surface area contributed by atoms with E-state index < -0.39 is 0 Å². The highest BCUT2D eigenvalue weighted by molar-refractivity contribution is 9.13. The topological polar surface area (TPSA) is 32.3 Å². The molecule has 1 aliphatic rings. The summed E-state index contributed by atoms with van der Waals surface area (Å²) >= 11 is 8.25. The monoisotopic (exact) mass is 394 g/mol. The van der Waals surface area contributed by atoms with Crippen LogP contribution >= 0.6 is 43.2 Å². The largest absolute Gasteiger partial charge is 0.348 e. The van der Waals surface area contributed by atoms with Crippen LogP contribution < -0.4 is 5.32 Å². The summed E-state index contributed by atoms with van der Waals surface area (Å²) in [5, 5.41) is 3.05. The molecule has 1 aromatic heterocycles. The van der Waals surface area contributed by atoms with Crippen LogP contribution in [-0.2, 0) is 0 Å². The molecule has 0 saturated carbocycles. The highest BCUT2D eigenvalue weighted by Gasteiger charge is 2.18. The van der Waals surface area contributed by atoms with Crippen molar-refractivity contribution in [2.75, 3.05) is 19.6 Å². The molecule has 1 amide bonds. The minimum Gasteiger partial charge on any atom is -0.348 e. The average Bonchev–Trinajstić information content (AvgIpc) is 2.90. The van der Waals surface area contributed by atoms with E-state index in [1.807, 2.05) is 6.07 Å². The van der Waals surface area contributed by atoms with Gasteiger partial charge >= 0.3 is 0 Å². The van der Waals surface area contributed by atoms with Gasteiger partial charge < -0.3 is 10.2 Å². The fraction of sp³-hybridized carbons (Fsp3) is 0.583. The van der Waals surface area contributed by atoms with Gasteiger partial charge in [0.2, 0.25) is 0 Å². The third-order valence-electron chi connectivity index (χ3n) is 2.98. The van der Waals surface area contributed by atoms with Gasteiger partial charge in [0.05, 0.1) is 8.66 Å². The minimum absolute atomic E-state index is 0.0121. The van der Waals surface area contributed by atoms with Crippen molar-refractivity contribution in [2.45, 2.75) is 25.8 Å². The molecule has 100 valence electrons. The number of carbonyl (C=O) groups excluding carboxylic acids is 1. The van der Waals surface area contributed by atoms with Gasteiger partial charge in [-0.05, 0) is 70.8 Å². The van der Waals surface area contributed by atoms with Crippen LogP contribution in [0.25, 0.3) is 0 Å². The maximum absolute atomic E-state index is 12.0. The summed E-state index contributed by atoms with van der Waals surface area (Å²) in [6.45, 7) is 5.33. The van der Waals surface area contributed by atoms with Crippen molar-refractivity contribution in [3.63, 3.8) is 0 Å². The Kier molecular flexibility index (Phi) is 5.24. The Morgan fingerprint density at radius 3 is 2.72 bits per heavy atom. The summed E-state index contributed by atoms with van der Waals surface area (Å²) in [6.07, 6.45) is 2.57. The van der Waals surface area contributed by atoms with Crippen LogP contribution in [0.4, 0.5) is 0 Å². The molecule has 1 saturated heterocycles.